The van der Waals surface area contributed by atoms with E-state index in [2.05, 4.69) is 16.7 Å². The van der Waals surface area contributed by atoms with Gasteiger partial charge < -0.3 is 4.57 Å². The SMILES string of the molecule is C=N/C=C(\C=NC)P(=O)(C1CC1)C1CC1. The molecule has 0 aromatic heterocycles. The Morgan fingerprint density at radius 3 is 2.20 bits per heavy atom. The zero-order chi connectivity index (χ0) is 10.9. The van der Waals surface area contributed by atoms with E-state index in [9.17, 15) is 4.57 Å². The molecule has 0 aliphatic heterocycles. The number of allylic oxidation sites excluding steroid dienone is 1. The van der Waals surface area contributed by atoms with E-state index in [0.29, 0.717) is 11.3 Å². The lowest BCUT2D eigenvalue weighted by Gasteiger charge is -2.17. The molecule has 0 heterocycles. The van der Waals surface area contributed by atoms with Gasteiger partial charge in [-0.15, -0.1) is 0 Å². The molecule has 2 saturated carbocycles. The summed E-state index contributed by atoms with van der Waals surface area (Å²) in [5, 5.41) is 0.838. The molecule has 0 amide bonds. The summed E-state index contributed by atoms with van der Waals surface area (Å²) in [6.07, 6.45) is 7.80. The third-order valence-corrected chi connectivity index (χ3v) is 7.31. The van der Waals surface area contributed by atoms with Gasteiger partial charge >= 0.3 is 0 Å². The minimum Gasteiger partial charge on any atom is -0.318 e. The molecule has 2 fully saturated rings. The van der Waals surface area contributed by atoms with Crippen molar-refractivity contribution in [1.82, 2.24) is 0 Å². The van der Waals surface area contributed by atoms with E-state index in [-0.39, 0.29) is 0 Å². The third kappa shape index (κ3) is 1.98. The van der Waals surface area contributed by atoms with Crippen molar-refractivity contribution < 1.29 is 4.57 Å². The van der Waals surface area contributed by atoms with Gasteiger partial charge in [-0.1, -0.05) is 0 Å². The molecule has 0 spiro atoms. The van der Waals surface area contributed by atoms with Crippen molar-refractivity contribution in [3.63, 3.8) is 0 Å². The first-order chi connectivity index (χ1) is 7.23. The number of rotatable bonds is 5. The van der Waals surface area contributed by atoms with Gasteiger partial charge in [0.05, 0.1) is 0 Å². The highest BCUT2D eigenvalue weighted by atomic mass is 31.2. The summed E-state index contributed by atoms with van der Waals surface area (Å²) < 4.78 is 13.0. The molecule has 4 heteroatoms. The van der Waals surface area contributed by atoms with Crippen molar-refractivity contribution in [2.45, 2.75) is 37.0 Å². The second-order valence-electron chi connectivity index (χ2n) is 4.30. The maximum absolute atomic E-state index is 13.0. The van der Waals surface area contributed by atoms with E-state index in [4.69, 9.17) is 0 Å². The lowest BCUT2D eigenvalue weighted by atomic mass is 10.6. The van der Waals surface area contributed by atoms with E-state index in [1.807, 2.05) is 0 Å². The van der Waals surface area contributed by atoms with Crippen molar-refractivity contribution in [3.8, 4) is 0 Å². The van der Waals surface area contributed by atoms with Crippen LogP contribution in [0.15, 0.2) is 21.5 Å². The maximum Gasteiger partial charge on any atom is 0.124 e. The molecule has 0 radical (unpaired) electrons. The first kappa shape index (κ1) is 10.8. The molecule has 2 rings (SSSR count). The molecule has 3 nitrogen and oxygen atoms in total. The van der Waals surface area contributed by atoms with E-state index >= 15 is 0 Å². The quantitative estimate of drug-likeness (QED) is 0.523. The molecule has 0 N–H and O–H groups in total. The van der Waals surface area contributed by atoms with Crippen LogP contribution in [-0.4, -0.2) is 31.3 Å². The van der Waals surface area contributed by atoms with Crippen LogP contribution in [0.4, 0.5) is 0 Å². The summed E-state index contributed by atoms with van der Waals surface area (Å²) >= 11 is 0. The van der Waals surface area contributed by atoms with Crippen molar-refractivity contribution in [1.29, 1.82) is 0 Å². The van der Waals surface area contributed by atoms with Crippen LogP contribution < -0.4 is 0 Å². The zero-order valence-electron chi connectivity index (χ0n) is 9.09. The van der Waals surface area contributed by atoms with Gasteiger partial charge in [0.1, 0.15) is 7.14 Å². The standard InChI is InChI=1S/C11H17N2OP/c1-12-7-11(8-13-2)15(14,9-3-4-9)10-5-6-10/h7-10H,1,3-6H2,2H3/b11-7+,13-8?. The number of nitrogens with zero attached hydrogens (tertiary/aromatic N) is 2. The molecule has 82 valence electrons. The molecule has 15 heavy (non-hydrogen) atoms. The average Bonchev–Trinajstić information content (AvgIpc) is 3.07. The Morgan fingerprint density at radius 2 is 1.87 bits per heavy atom. The molecule has 0 atom stereocenters. The van der Waals surface area contributed by atoms with Gasteiger partial charge in [0.25, 0.3) is 0 Å². The first-order valence-corrected chi connectivity index (χ1v) is 7.26. The third-order valence-electron chi connectivity index (χ3n) is 3.07. The van der Waals surface area contributed by atoms with E-state index in [1.54, 1.807) is 19.5 Å². The first-order valence-electron chi connectivity index (χ1n) is 5.41. The Labute approximate surface area is 90.8 Å². The second kappa shape index (κ2) is 4.05. The molecule has 0 aromatic carbocycles. The Bertz CT molecular complexity index is 349. The lowest BCUT2D eigenvalue weighted by Crippen LogP contribution is -2.00. The van der Waals surface area contributed by atoms with Gasteiger partial charge in [-0.3, -0.25) is 9.98 Å². The maximum atomic E-state index is 13.0. The Hall–Kier alpha value is -0.690. The number of hydrogen-bond donors (Lipinski definition) is 0. The van der Waals surface area contributed by atoms with E-state index in [1.165, 1.54) is 0 Å². The number of hydrogen-bond acceptors (Lipinski definition) is 3. The molecular weight excluding hydrogens is 207 g/mol. The fraction of sp³-hybridized carbons (Fsp3) is 0.636. The van der Waals surface area contributed by atoms with Crippen LogP contribution in [0.25, 0.3) is 0 Å². The topological polar surface area (TPSA) is 41.8 Å². The van der Waals surface area contributed by atoms with Crippen molar-refractivity contribution in [3.05, 3.63) is 11.5 Å². The second-order valence-corrected chi connectivity index (χ2v) is 7.69. The average molecular weight is 224 g/mol. The molecule has 0 unspecified atom stereocenters. The number of aliphatic imine (C=N–C) groups is 2. The lowest BCUT2D eigenvalue weighted by molar-refractivity contribution is 0.578. The summed E-state index contributed by atoms with van der Waals surface area (Å²) in [6, 6.07) is 0. The van der Waals surface area contributed by atoms with Crippen LogP contribution in [0.2, 0.25) is 0 Å². The molecular formula is C11H17N2OP. The normalized spacial score (nSPS) is 23.4. The Kier molecular flexibility index (Phi) is 2.92. The van der Waals surface area contributed by atoms with Crippen LogP contribution in [0.3, 0.4) is 0 Å². The summed E-state index contributed by atoms with van der Waals surface area (Å²) in [6.45, 7) is 3.45. The summed E-state index contributed by atoms with van der Waals surface area (Å²) in [5.41, 5.74) is 0.826. The highest BCUT2D eigenvalue weighted by Gasteiger charge is 2.52. The van der Waals surface area contributed by atoms with Gasteiger partial charge in [0.2, 0.25) is 0 Å². The molecule has 0 aromatic rings. The van der Waals surface area contributed by atoms with Gasteiger partial charge in [-0.25, -0.2) is 0 Å². The smallest absolute Gasteiger partial charge is 0.124 e. The predicted molar refractivity (Wildman–Crippen MR) is 65.7 cm³/mol. The van der Waals surface area contributed by atoms with Gasteiger partial charge in [0.15, 0.2) is 0 Å². The van der Waals surface area contributed by atoms with Crippen LogP contribution >= 0.6 is 7.14 Å². The fourth-order valence-electron chi connectivity index (χ4n) is 2.08. The van der Waals surface area contributed by atoms with E-state index < -0.39 is 7.14 Å². The Morgan fingerprint density at radius 1 is 1.33 bits per heavy atom. The monoisotopic (exact) mass is 224 g/mol. The van der Waals surface area contributed by atoms with Crippen LogP contribution in [0.5, 0.6) is 0 Å². The fourth-order valence-corrected chi connectivity index (χ4v) is 5.91. The largest absolute Gasteiger partial charge is 0.318 e. The minimum atomic E-state index is -2.21. The van der Waals surface area contributed by atoms with Gasteiger partial charge in [-0.05, 0) is 32.4 Å². The predicted octanol–water partition coefficient (Wildman–Crippen LogP) is 2.92. The summed E-state index contributed by atoms with van der Waals surface area (Å²) in [7, 11) is -0.497. The van der Waals surface area contributed by atoms with Crippen molar-refractivity contribution in [2.75, 3.05) is 7.05 Å². The van der Waals surface area contributed by atoms with Crippen molar-refractivity contribution in [2.24, 2.45) is 9.98 Å². The highest BCUT2D eigenvalue weighted by molar-refractivity contribution is 7.71. The molecule has 0 bridgehead atoms. The van der Waals surface area contributed by atoms with Crippen LogP contribution in [-0.2, 0) is 4.57 Å². The van der Waals surface area contributed by atoms with Gasteiger partial charge in [-0.2, -0.15) is 0 Å². The van der Waals surface area contributed by atoms with Crippen LogP contribution in [0, 0.1) is 0 Å². The van der Waals surface area contributed by atoms with Gasteiger partial charge in [0, 0.05) is 36.1 Å². The zero-order valence-corrected chi connectivity index (χ0v) is 9.99. The van der Waals surface area contributed by atoms with Crippen molar-refractivity contribution >= 4 is 20.1 Å². The molecule has 2 aliphatic rings. The minimum absolute atomic E-state index is 0.413. The highest BCUT2D eigenvalue weighted by Crippen LogP contribution is 2.74. The summed E-state index contributed by atoms with van der Waals surface area (Å²) in [5.74, 6) is 0. The molecule has 2 aliphatic carbocycles. The Balaban J connectivity index is 2.32. The summed E-state index contributed by atoms with van der Waals surface area (Å²) in [4.78, 5) is 7.75. The van der Waals surface area contributed by atoms with E-state index in [0.717, 1.165) is 31.0 Å². The van der Waals surface area contributed by atoms with Crippen LogP contribution in [0.1, 0.15) is 25.7 Å². The molecule has 0 saturated heterocycles.